The van der Waals surface area contributed by atoms with Gasteiger partial charge in [-0.3, -0.25) is 24.5 Å². The molecule has 8 rings (SSSR count). The molecule has 41 heavy (non-hydrogen) atoms. The van der Waals surface area contributed by atoms with E-state index in [9.17, 15) is 24.5 Å². The highest BCUT2D eigenvalue weighted by molar-refractivity contribution is 6.25. The number of hydrogen-bond acceptors (Lipinski definition) is 7. The van der Waals surface area contributed by atoms with Crippen molar-refractivity contribution >= 4 is 35.3 Å². The van der Waals surface area contributed by atoms with Crippen molar-refractivity contribution in [3.05, 3.63) is 129 Å². The van der Waals surface area contributed by atoms with E-state index < -0.39 is 34.0 Å². The van der Waals surface area contributed by atoms with Crippen molar-refractivity contribution < 1.29 is 23.7 Å². The van der Waals surface area contributed by atoms with Gasteiger partial charge in [0, 0.05) is 24.3 Å². The van der Waals surface area contributed by atoms with Gasteiger partial charge in [-0.1, -0.05) is 48.5 Å². The Morgan fingerprint density at radius 3 is 2.17 bits per heavy atom. The minimum atomic E-state index is -1.17. The fourth-order valence-electron chi connectivity index (χ4n) is 6.83. The fraction of sp³-hybridized carbons (Fsp3) is 0.161. The Labute approximate surface area is 233 Å². The summed E-state index contributed by atoms with van der Waals surface area (Å²) in [5.41, 5.74) is 4.99. The third-order valence-corrected chi connectivity index (χ3v) is 8.40. The van der Waals surface area contributed by atoms with Gasteiger partial charge in [-0.05, 0) is 53.4 Å². The third kappa shape index (κ3) is 3.37. The monoisotopic (exact) mass is 546 g/mol. The average Bonchev–Trinajstić information content (AvgIpc) is 3.54. The lowest BCUT2D eigenvalue weighted by Crippen LogP contribution is -2.54. The first-order chi connectivity index (χ1) is 19.8. The van der Waals surface area contributed by atoms with Crippen molar-refractivity contribution in [1.29, 1.82) is 0 Å². The van der Waals surface area contributed by atoms with Gasteiger partial charge in [0.2, 0.25) is 11.8 Å². The van der Waals surface area contributed by atoms with E-state index in [0.717, 1.165) is 27.2 Å². The van der Waals surface area contributed by atoms with E-state index in [2.05, 4.69) is 10.5 Å². The molecular formula is C31H22N4O6. The number of nitrogens with one attached hydrogen (secondary N) is 1. The second-order valence-corrected chi connectivity index (χ2v) is 10.4. The van der Waals surface area contributed by atoms with Crippen LogP contribution in [-0.2, 0) is 15.0 Å². The second-order valence-electron chi connectivity index (χ2n) is 10.4. The fourth-order valence-corrected chi connectivity index (χ4v) is 6.83. The van der Waals surface area contributed by atoms with Crippen LogP contribution in [0, 0.1) is 28.9 Å². The number of nitro benzene ring substituents is 1. The normalized spacial score (nSPS) is 23.8. The SMILES string of the molecule is Cc1ccc(C(=O)N/N=C\C23c4ccccc4C(c4ccccc42)[C@@H]2C(=O)N(c4ccc([N+](=O)[O-])cc4)C(=O)[C@@H]23)o1. The summed E-state index contributed by atoms with van der Waals surface area (Å²) in [6, 6.07) is 24.0. The third-order valence-electron chi connectivity index (χ3n) is 8.40. The first-order valence-electron chi connectivity index (χ1n) is 13.0. The largest absolute Gasteiger partial charge is 0.456 e. The summed E-state index contributed by atoms with van der Waals surface area (Å²) in [7, 11) is 0. The van der Waals surface area contributed by atoms with Crippen LogP contribution in [0.1, 0.15) is 44.5 Å². The summed E-state index contributed by atoms with van der Waals surface area (Å²) in [4.78, 5) is 53.0. The molecule has 0 saturated carbocycles. The number of amides is 3. The summed E-state index contributed by atoms with van der Waals surface area (Å²) < 4.78 is 5.41. The molecule has 1 aromatic heterocycles. The molecule has 3 aromatic carbocycles. The summed E-state index contributed by atoms with van der Waals surface area (Å²) in [6.07, 6.45) is 1.57. The number of carbonyl (C=O) groups is 3. The number of nitrogens with zero attached hydrogens (tertiary/aromatic N) is 3. The summed E-state index contributed by atoms with van der Waals surface area (Å²) in [5.74, 6) is -2.64. The Morgan fingerprint density at radius 2 is 1.59 bits per heavy atom. The number of carbonyl (C=O) groups excluding carboxylic acids is 3. The van der Waals surface area contributed by atoms with Crippen LogP contribution in [-0.4, -0.2) is 28.9 Å². The van der Waals surface area contributed by atoms with Crippen LogP contribution in [0.25, 0.3) is 0 Å². The number of hydrazone groups is 1. The maximum Gasteiger partial charge on any atom is 0.307 e. The molecular weight excluding hydrogens is 524 g/mol. The Balaban J connectivity index is 1.39. The first-order valence-corrected chi connectivity index (χ1v) is 13.0. The van der Waals surface area contributed by atoms with Crippen LogP contribution < -0.4 is 10.3 Å². The summed E-state index contributed by atoms with van der Waals surface area (Å²) >= 11 is 0. The van der Waals surface area contributed by atoms with E-state index in [0.29, 0.717) is 5.76 Å². The van der Waals surface area contributed by atoms with Gasteiger partial charge in [-0.15, -0.1) is 0 Å². The molecule has 3 aliphatic carbocycles. The van der Waals surface area contributed by atoms with Gasteiger partial charge < -0.3 is 4.42 Å². The van der Waals surface area contributed by atoms with E-state index in [-0.39, 0.29) is 29.0 Å². The number of aryl methyl sites for hydroxylation is 1. The number of imide groups is 1. The molecule has 2 heterocycles. The number of non-ortho nitro benzene ring substituents is 1. The number of nitro groups is 1. The molecule has 4 aromatic rings. The van der Waals surface area contributed by atoms with E-state index in [4.69, 9.17) is 4.42 Å². The Bertz CT molecular complexity index is 1760. The van der Waals surface area contributed by atoms with Crippen molar-refractivity contribution in [3.63, 3.8) is 0 Å². The quantitative estimate of drug-likeness (QED) is 0.170. The van der Waals surface area contributed by atoms with Gasteiger partial charge >= 0.3 is 5.91 Å². The Morgan fingerprint density at radius 1 is 0.951 bits per heavy atom. The van der Waals surface area contributed by atoms with Crippen LogP contribution in [0.15, 0.2) is 94.4 Å². The lowest BCUT2D eigenvalue weighted by Gasteiger charge is -2.52. The predicted molar refractivity (Wildman–Crippen MR) is 147 cm³/mol. The predicted octanol–water partition coefficient (Wildman–Crippen LogP) is 4.46. The Kier molecular flexibility index (Phi) is 5.30. The molecule has 0 radical (unpaired) electrons. The molecule has 10 heteroatoms. The van der Waals surface area contributed by atoms with E-state index in [1.165, 1.54) is 24.3 Å². The molecule has 2 bridgehead atoms. The average molecular weight is 547 g/mol. The van der Waals surface area contributed by atoms with Crippen molar-refractivity contribution in [1.82, 2.24) is 5.43 Å². The van der Waals surface area contributed by atoms with Crippen LogP contribution in [0.2, 0.25) is 0 Å². The zero-order chi connectivity index (χ0) is 28.5. The smallest absolute Gasteiger partial charge is 0.307 e. The van der Waals surface area contributed by atoms with Crippen molar-refractivity contribution in [2.75, 3.05) is 4.90 Å². The molecule has 0 unspecified atom stereocenters. The molecule has 2 atom stereocenters. The summed E-state index contributed by atoms with van der Waals surface area (Å²) in [6.45, 7) is 1.73. The number of furan rings is 1. The maximum absolute atomic E-state index is 14.3. The van der Waals surface area contributed by atoms with Crippen molar-refractivity contribution in [2.24, 2.45) is 16.9 Å². The highest BCUT2D eigenvalue weighted by Gasteiger charge is 2.68. The van der Waals surface area contributed by atoms with Crippen LogP contribution in [0.5, 0.6) is 0 Å². The van der Waals surface area contributed by atoms with Gasteiger partial charge in [-0.2, -0.15) is 5.10 Å². The molecule has 1 N–H and O–H groups in total. The van der Waals surface area contributed by atoms with Gasteiger partial charge in [0.15, 0.2) is 5.76 Å². The molecule has 1 fully saturated rings. The standard InChI is InChI=1S/C31H22N4O6/c1-17-10-15-24(41-17)28(36)33-32-16-31-22-8-4-2-6-20(22)25(21-7-3-5-9-23(21)31)26-27(31)30(38)34(29(26)37)18-11-13-19(14-12-18)35(39)40/h2-16,25-27H,1H3,(H,33,36)/b32-16-/t25?,26-,27+,31?/m0/s1. The van der Waals surface area contributed by atoms with Crippen LogP contribution in [0.3, 0.4) is 0 Å². The van der Waals surface area contributed by atoms with E-state index in [1.54, 1.807) is 25.3 Å². The lowest BCUT2D eigenvalue weighted by atomic mass is 9.47. The second kappa shape index (κ2) is 8.82. The van der Waals surface area contributed by atoms with Gasteiger partial charge in [0.05, 0.1) is 27.9 Å². The molecule has 202 valence electrons. The number of hydrogen-bond donors (Lipinski definition) is 1. The zero-order valence-electron chi connectivity index (χ0n) is 21.7. The maximum atomic E-state index is 14.3. The Hall–Kier alpha value is -5.38. The number of rotatable bonds is 5. The lowest BCUT2D eigenvalue weighted by molar-refractivity contribution is -0.384. The van der Waals surface area contributed by atoms with Crippen molar-refractivity contribution in [2.45, 2.75) is 18.3 Å². The highest BCUT2D eigenvalue weighted by Crippen LogP contribution is 2.63. The van der Waals surface area contributed by atoms with Gasteiger partial charge in [-0.25, -0.2) is 10.3 Å². The van der Waals surface area contributed by atoms with E-state index in [1.807, 2.05) is 48.5 Å². The van der Waals surface area contributed by atoms with Gasteiger partial charge in [0.25, 0.3) is 5.69 Å². The highest BCUT2D eigenvalue weighted by atomic mass is 16.6. The molecule has 4 aliphatic rings. The number of benzene rings is 3. The molecule has 3 amide bonds. The number of anilines is 1. The molecule has 1 saturated heterocycles. The first kappa shape index (κ1) is 24.6. The van der Waals surface area contributed by atoms with Crippen molar-refractivity contribution in [3.8, 4) is 0 Å². The van der Waals surface area contributed by atoms with E-state index >= 15 is 0 Å². The minimum Gasteiger partial charge on any atom is -0.456 e. The minimum absolute atomic E-state index is 0.0969. The zero-order valence-corrected chi connectivity index (χ0v) is 21.7. The molecule has 0 spiro atoms. The van der Waals surface area contributed by atoms with Gasteiger partial charge in [0.1, 0.15) is 5.76 Å². The topological polar surface area (TPSA) is 135 Å². The molecule has 1 aliphatic heterocycles. The summed E-state index contributed by atoms with van der Waals surface area (Å²) in [5, 5.41) is 15.6. The molecule has 10 nitrogen and oxygen atoms in total. The van der Waals surface area contributed by atoms with Crippen LogP contribution in [0.4, 0.5) is 11.4 Å². The van der Waals surface area contributed by atoms with Crippen LogP contribution >= 0.6 is 0 Å².